The highest BCUT2D eigenvalue weighted by atomic mass is 32.2. The molecule has 2 fully saturated rings. The Balaban J connectivity index is 1.98. The average Bonchev–Trinajstić information content (AvgIpc) is 3.00. The summed E-state index contributed by atoms with van der Waals surface area (Å²) in [5, 5.41) is 1.81. The van der Waals surface area contributed by atoms with E-state index in [0.29, 0.717) is 10.8 Å². The molecule has 3 rings (SSSR count). The van der Waals surface area contributed by atoms with Crippen molar-refractivity contribution in [3.05, 3.63) is 17.0 Å². The molecule has 1 amide bonds. The van der Waals surface area contributed by atoms with Crippen molar-refractivity contribution in [1.29, 1.82) is 0 Å². The van der Waals surface area contributed by atoms with E-state index in [2.05, 4.69) is 0 Å². The van der Waals surface area contributed by atoms with E-state index in [-0.39, 0.29) is 11.8 Å². The Labute approximate surface area is 122 Å². The lowest BCUT2D eigenvalue weighted by atomic mass is 9.94. The van der Waals surface area contributed by atoms with Gasteiger partial charge in [-0.2, -0.15) is 4.31 Å². The highest BCUT2D eigenvalue weighted by Crippen LogP contribution is 2.44. The zero-order valence-electron chi connectivity index (χ0n) is 11.3. The highest BCUT2D eigenvalue weighted by molar-refractivity contribution is 7.91. The van der Waals surface area contributed by atoms with Gasteiger partial charge >= 0.3 is 0 Å². The van der Waals surface area contributed by atoms with Gasteiger partial charge in [0.15, 0.2) is 0 Å². The zero-order chi connectivity index (χ0) is 14.5. The molecule has 0 spiro atoms. The predicted molar refractivity (Wildman–Crippen MR) is 76.8 cm³/mol. The lowest BCUT2D eigenvalue weighted by molar-refractivity contribution is -0.122. The first-order valence-electron chi connectivity index (χ1n) is 6.77. The van der Waals surface area contributed by atoms with Gasteiger partial charge in [-0.05, 0) is 48.6 Å². The van der Waals surface area contributed by atoms with Crippen molar-refractivity contribution in [2.45, 2.75) is 36.4 Å². The lowest BCUT2D eigenvalue weighted by Crippen LogP contribution is -2.46. The van der Waals surface area contributed by atoms with Crippen LogP contribution in [0.4, 0.5) is 0 Å². The van der Waals surface area contributed by atoms with Crippen molar-refractivity contribution < 1.29 is 13.2 Å². The first kappa shape index (κ1) is 14.0. The predicted octanol–water partition coefficient (Wildman–Crippen LogP) is 1.33. The van der Waals surface area contributed by atoms with Crippen molar-refractivity contribution in [2.75, 3.05) is 6.54 Å². The maximum atomic E-state index is 12.7. The number of thiophene rings is 1. The molecule has 1 aliphatic carbocycles. The molecule has 0 unspecified atom stereocenters. The number of nitrogens with zero attached hydrogens (tertiary/aromatic N) is 1. The third kappa shape index (κ3) is 2.08. The molecule has 2 aliphatic rings. The fraction of sp³-hybridized carbons (Fsp3) is 0.615. The summed E-state index contributed by atoms with van der Waals surface area (Å²) in [7, 11) is -3.60. The van der Waals surface area contributed by atoms with Gasteiger partial charge in [0.05, 0.1) is 0 Å². The molecule has 2 heterocycles. The molecule has 0 bridgehead atoms. The van der Waals surface area contributed by atoms with E-state index in [1.165, 1.54) is 15.6 Å². The van der Waals surface area contributed by atoms with Gasteiger partial charge in [-0.25, -0.2) is 8.42 Å². The van der Waals surface area contributed by atoms with Crippen molar-refractivity contribution in [1.82, 2.24) is 4.31 Å². The number of primary amides is 1. The standard InChI is InChI=1S/C13H18N2O3S2/c1-8-5-11(19-7-8)20(17,18)15-6-9-3-2-4-10(9)12(15)13(14)16/h5,7,9-10,12H,2-4,6H2,1H3,(H2,14,16)/t9-,10-,12-/m0/s1. The van der Waals surface area contributed by atoms with Crippen LogP contribution >= 0.6 is 11.3 Å². The van der Waals surface area contributed by atoms with E-state index in [4.69, 9.17) is 5.73 Å². The number of carbonyl (C=O) groups excluding carboxylic acids is 1. The molecule has 1 aromatic heterocycles. The number of rotatable bonds is 3. The Bertz CT molecular complexity index is 638. The quantitative estimate of drug-likeness (QED) is 0.914. The van der Waals surface area contributed by atoms with Crippen LogP contribution in [0.25, 0.3) is 0 Å². The second-order valence-electron chi connectivity index (χ2n) is 5.72. The monoisotopic (exact) mass is 314 g/mol. The van der Waals surface area contributed by atoms with E-state index >= 15 is 0 Å². The number of hydrogen-bond donors (Lipinski definition) is 1. The first-order valence-corrected chi connectivity index (χ1v) is 9.09. The van der Waals surface area contributed by atoms with Crippen LogP contribution in [0.15, 0.2) is 15.7 Å². The summed E-state index contributed by atoms with van der Waals surface area (Å²) < 4.78 is 27.1. The molecule has 3 atom stereocenters. The van der Waals surface area contributed by atoms with E-state index in [1.54, 1.807) is 6.07 Å². The Morgan fingerprint density at radius 2 is 2.20 bits per heavy atom. The normalized spacial score (nSPS) is 30.6. The number of aryl methyl sites for hydroxylation is 1. The first-order chi connectivity index (χ1) is 9.41. The molecule has 2 N–H and O–H groups in total. The van der Waals surface area contributed by atoms with E-state index in [0.717, 1.165) is 24.8 Å². The van der Waals surface area contributed by atoms with Crippen molar-refractivity contribution in [3.8, 4) is 0 Å². The third-order valence-electron chi connectivity index (χ3n) is 4.41. The molecule has 1 saturated carbocycles. The minimum atomic E-state index is -3.60. The van der Waals surface area contributed by atoms with Crippen LogP contribution in [0, 0.1) is 18.8 Å². The molecular weight excluding hydrogens is 296 g/mol. The Morgan fingerprint density at radius 3 is 2.80 bits per heavy atom. The van der Waals surface area contributed by atoms with Gasteiger partial charge in [0.25, 0.3) is 10.0 Å². The van der Waals surface area contributed by atoms with Gasteiger partial charge in [-0.15, -0.1) is 11.3 Å². The summed E-state index contributed by atoms with van der Waals surface area (Å²) in [5.74, 6) is -0.136. The fourth-order valence-electron chi connectivity index (χ4n) is 3.52. The number of amides is 1. The van der Waals surface area contributed by atoms with Gasteiger partial charge in [0.2, 0.25) is 5.91 Å². The van der Waals surface area contributed by atoms with Crippen LogP contribution in [0.2, 0.25) is 0 Å². The molecule has 110 valence electrons. The Hall–Kier alpha value is -0.920. The van der Waals surface area contributed by atoms with Crippen LogP contribution in [0.3, 0.4) is 0 Å². The number of sulfonamides is 1. The average molecular weight is 314 g/mol. The number of hydrogen-bond acceptors (Lipinski definition) is 4. The zero-order valence-corrected chi connectivity index (χ0v) is 12.9. The van der Waals surface area contributed by atoms with Gasteiger partial charge in [-0.1, -0.05) is 6.42 Å². The summed E-state index contributed by atoms with van der Waals surface area (Å²) in [6.45, 7) is 2.29. The van der Waals surface area contributed by atoms with E-state index in [1.807, 2.05) is 12.3 Å². The summed E-state index contributed by atoms with van der Waals surface area (Å²) >= 11 is 1.20. The van der Waals surface area contributed by atoms with Gasteiger partial charge in [-0.3, -0.25) is 4.79 Å². The molecule has 1 aromatic rings. The molecule has 1 saturated heterocycles. The van der Waals surface area contributed by atoms with Crippen LogP contribution in [0.5, 0.6) is 0 Å². The lowest BCUT2D eigenvalue weighted by Gasteiger charge is -2.23. The number of carbonyl (C=O) groups is 1. The molecular formula is C13H18N2O3S2. The van der Waals surface area contributed by atoms with Crippen molar-refractivity contribution in [2.24, 2.45) is 17.6 Å². The van der Waals surface area contributed by atoms with Gasteiger partial charge in [0.1, 0.15) is 10.3 Å². The van der Waals surface area contributed by atoms with Crippen molar-refractivity contribution in [3.63, 3.8) is 0 Å². The second kappa shape index (κ2) is 4.82. The largest absolute Gasteiger partial charge is 0.368 e. The SMILES string of the molecule is Cc1csc(S(=O)(=O)N2C[C@@H]3CCC[C@@H]3[C@H]2C(N)=O)c1. The minimum absolute atomic E-state index is 0.100. The second-order valence-corrected chi connectivity index (χ2v) is 8.75. The molecule has 7 heteroatoms. The summed E-state index contributed by atoms with van der Waals surface area (Å²) in [6, 6.07) is 0.987. The summed E-state index contributed by atoms with van der Waals surface area (Å²) in [5.41, 5.74) is 6.40. The number of fused-ring (bicyclic) bond motifs is 1. The minimum Gasteiger partial charge on any atom is -0.368 e. The molecule has 5 nitrogen and oxygen atoms in total. The summed E-state index contributed by atoms with van der Waals surface area (Å²) in [6.07, 6.45) is 2.95. The smallest absolute Gasteiger partial charge is 0.253 e. The van der Waals surface area contributed by atoms with Crippen LogP contribution in [0.1, 0.15) is 24.8 Å². The Kier molecular flexibility index (Phi) is 3.38. The molecule has 0 radical (unpaired) electrons. The maximum absolute atomic E-state index is 12.7. The Morgan fingerprint density at radius 1 is 1.45 bits per heavy atom. The maximum Gasteiger partial charge on any atom is 0.253 e. The highest BCUT2D eigenvalue weighted by Gasteiger charge is 2.51. The van der Waals surface area contributed by atoms with E-state index < -0.39 is 22.0 Å². The molecule has 20 heavy (non-hydrogen) atoms. The number of nitrogens with two attached hydrogens (primary N) is 1. The van der Waals surface area contributed by atoms with Crippen LogP contribution < -0.4 is 5.73 Å². The van der Waals surface area contributed by atoms with Crippen LogP contribution in [-0.4, -0.2) is 31.2 Å². The van der Waals surface area contributed by atoms with Gasteiger partial charge in [0, 0.05) is 6.54 Å². The topological polar surface area (TPSA) is 80.5 Å². The molecule has 0 aromatic carbocycles. The van der Waals surface area contributed by atoms with Gasteiger partial charge < -0.3 is 5.73 Å². The van der Waals surface area contributed by atoms with Crippen molar-refractivity contribution >= 4 is 27.3 Å². The van der Waals surface area contributed by atoms with Crippen LogP contribution in [-0.2, 0) is 14.8 Å². The van der Waals surface area contributed by atoms with E-state index in [9.17, 15) is 13.2 Å². The summed E-state index contributed by atoms with van der Waals surface area (Å²) in [4.78, 5) is 11.8. The fourth-order valence-corrected chi connectivity index (χ4v) is 6.58. The molecule has 1 aliphatic heterocycles. The third-order valence-corrected chi connectivity index (χ3v) is 7.79.